The molecule has 0 bridgehead atoms. The zero-order chi connectivity index (χ0) is 45.9. The van der Waals surface area contributed by atoms with Gasteiger partial charge in [-0.1, -0.05) is 66.0 Å². The number of phenols is 4. The van der Waals surface area contributed by atoms with Gasteiger partial charge in [-0.3, -0.25) is 0 Å². The Labute approximate surface area is 378 Å². The minimum Gasteiger partial charge on any atom is -0.504 e. The van der Waals surface area contributed by atoms with Crippen LogP contribution < -0.4 is 18.9 Å². The number of aromatic hydroxyl groups is 4. The smallest absolute Gasteiger partial charge is 0.161 e. The van der Waals surface area contributed by atoms with Crippen molar-refractivity contribution in [2.45, 2.75) is 60.8 Å². The van der Waals surface area contributed by atoms with Crippen LogP contribution in [0.4, 0.5) is 0 Å². The van der Waals surface area contributed by atoms with E-state index in [4.69, 9.17) is 51.0 Å². The molecule has 4 aromatic carbocycles. The second-order valence-corrected chi connectivity index (χ2v) is 15.3. The first-order valence-corrected chi connectivity index (χ1v) is 21.3. The van der Waals surface area contributed by atoms with Crippen LogP contribution in [-0.4, -0.2) is 106 Å². The number of hydrogen-bond donors (Lipinski definition) is 8. The van der Waals surface area contributed by atoms with Crippen molar-refractivity contribution in [3.05, 3.63) is 108 Å². The molecule has 0 spiro atoms. The van der Waals surface area contributed by atoms with E-state index in [1.807, 2.05) is 48.5 Å². The predicted octanol–water partition coefficient (Wildman–Crippen LogP) is 7.82. The second-order valence-electron chi connectivity index (χ2n) is 14.9. The van der Waals surface area contributed by atoms with Crippen LogP contribution >= 0.6 is 11.6 Å². The van der Waals surface area contributed by atoms with Gasteiger partial charge in [0.2, 0.25) is 0 Å². The maximum atomic E-state index is 9.54. The maximum absolute atomic E-state index is 9.54. The predicted molar refractivity (Wildman–Crippen MR) is 248 cm³/mol. The van der Waals surface area contributed by atoms with Crippen molar-refractivity contribution < 1.29 is 64.5 Å². The molecule has 0 fully saturated rings. The normalized spacial score (nSPS) is 12.4. The minimum atomic E-state index is -0.107. The van der Waals surface area contributed by atoms with E-state index in [9.17, 15) is 20.4 Å². The third-order valence-electron chi connectivity index (χ3n) is 9.98. The fraction of sp³-hybridized carbons (Fsp3) is 0.469. The zero-order valence-electron chi connectivity index (χ0n) is 36.4. The molecule has 0 aliphatic carbocycles. The van der Waals surface area contributed by atoms with Crippen LogP contribution in [0.25, 0.3) is 0 Å². The lowest BCUT2D eigenvalue weighted by Crippen LogP contribution is -2.14. The van der Waals surface area contributed by atoms with Crippen LogP contribution in [0.2, 0.25) is 0 Å². The van der Waals surface area contributed by atoms with Gasteiger partial charge in [0.25, 0.3) is 0 Å². The molecule has 0 aromatic heterocycles. The third-order valence-corrected chi connectivity index (χ3v) is 10.1. The number of benzene rings is 4. The number of hydrogen-bond acceptors (Lipinski definition) is 13. The number of rotatable bonds is 25. The Morgan fingerprint density at radius 3 is 1.03 bits per heavy atom. The summed E-state index contributed by atoms with van der Waals surface area (Å²) in [5.41, 5.74) is 4.15. The molecule has 4 rings (SSSR count). The largest absolute Gasteiger partial charge is 0.504 e. The lowest BCUT2D eigenvalue weighted by atomic mass is 9.85. The maximum Gasteiger partial charge on any atom is 0.161 e. The van der Waals surface area contributed by atoms with Gasteiger partial charge in [-0.25, -0.2) is 0 Å². The summed E-state index contributed by atoms with van der Waals surface area (Å²) in [5, 5.41) is 74.0. The molecule has 0 saturated heterocycles. The molecule has 0 aliphatic rings. The Hall–Kier alpha value is -5.05. The number of aliphatic hydroxyl groups excluding tert-OH is 4. The fourth-order valence-electron chi connectivity index (χ4n) is 6.26. The van der Waals surface area contributed by atoms with Crippen LogP contribution in [0.1, 0.15) is 57.4 Å². The van der Waals surface area contributed by atoms with Crippen LogP contribution in [0.15, 0.2) is 85.6 Å². The highest BCUT2D eigenvalue weighted by atomic mass is 35.5. The average Bonchev–Trinajstić information content (AvgIpc) is 3.26. The zero-order valence-corrected chi connectivity index (χ0v) is 37.2. The SMILES string of the molecule is C.C=COCCCl.C[C@H](Cc1ccc(O)c(O)c1)[C@@H](C)Cc1ccc(O)c(O)c1.C[C@H](Cc1ccc(OCCO)c(OCCO)c1)[C@@H](C)Cc1ccc(OCCO)c(OCCO)c1. The van der Waals surface area contributed by atoms with Crippen molar-refractivity contribution in [2.75, 3.05) is 65.3 Å². The molecule has 63 heavy (non-hydrogen) atoms. The van der Waals surface area contributed by atoms with E-state index in [1.54, 1.807) is 12.1 Å². The van der Waals surface area contributed by atoms with Crippen LogP contribution in [0.5, 0.6) is 46.0 Å². The van der Waals surface area contributed by atoms with Crippen molar-refractivity contribution in [3.63, 3.8) is 0 Å². The molecular formula is C49H71ClO13. The first kappa shape index (κ1) is 56.0. The number of alkyl halides is 1. The summed E-state index contributed by atoms with van der Waals surface area (Å²) in [6.07, 6.45) is 4.63. The summed E-state index contributed by atoms with van der Waals surface area (Å²) in [5.74, 6) is 3.79. The van der Waals surface area contributed by atoms with Gasteiger partial charge in [-0.15, -0.1) is 11.6 Å². The molecule has 13 nitrogen and oxygen atoms in total. The first-order chi connectivity index (χ1) is 29.8. The van der Waals surface area contributed by atoms with E-state index in [-0.39, 0.29) is 83.3 Å². The van der Waals surface area contributed by atoms with Gasteiger partial charge in [0.05, 0.1) is 38.6 Å². The van der Waals surface area contributed by atoms with Crippen molar-refractivity contribution in [2.24, 2.45) is 23.7 Å². The highest BCUT2D eigenvalue weighted by molar-refractivity contribution is 6.17. The third kappa shape index (κ3) is 21.3. The number of ether oxygens (including phenoxy) is 5. The van der Waals surface area contributed by atoms with Gasteiger partial charge < -0.3 is 64.5 Å². The summed E-state index contributed by atoms with van der Waals surface area (Å²) in [4.78, 5) is 0. The van der Waals surface area contributed by atoms with Crippen molar-refractivity contribution in [1.29, 1.82) is 0 Å². The average molecular weight is 904 g/mol. The van der Waals surface area contributed by atoms with Gasteiger partial charge >= 0.3 is 0 Å². The van der Waals surface area contributed by atoms with E-state index >= 15 is 0 Å². The molecule has 0 saturated carbocycles. The molecule has 4 aromatic rings. The molecule has 0 radical (unpaired) electrons. The molecule has 0 unspecified atom stereocenters. The fourth-order valence-corrected chi connectivity index (χ4v) is 6.35. The molecule has 0 heterocycles. The van der Waals surface area contributed by atoms with Gasteiger partial charge in [0.15, 0.2) is 46.0 Å². The monoisotopic (exact) mass is 902 g/mol. The highest BCUT2D eigenvalue weighted by Crippen LogP contribution is 2.34. The van der Waals surface area contributed by atoms with E-state index in [0.717, 1.165) is 47.9 Å². The lowest BCUT2D eigenvalue weighted by Gasteiger charge is -2.22. The van der Waals surface area contributed by atoms with Gasteiger partial charge in [-0.2, -0.15) is 0 Å². The summed E-state index contributed by atoms with van der Waals surface area (Å²) >= 11 is 5.21. The Morgan fingerprint density at radius 2 is 0.762 bits per heavy atom. The van der Waals surface area contributed by atoms with Crippen LogP contribution in [-0.2, 0) is 30.4 Å². The summed E-state index contributed by atoms with van der Waals surface area (Å²) in [6, 6.07) is 21.3. The minimum absolute atomic E-state index is 0. The van der Waals surface area contributed by atoms with Gasteiger partial charge in [-0.05, 0) is 120 Å². The molecule has 14 heteroatoms. The highest BCUT2D eigenvalue weighted by Gasteiger charge is 2.18. The van der Waals surface area contributed by atoms with E-state index in [2.05, 4.69) is 39.0 Å². The van der Waals surface area contributed by atoms with Gasteiger partial charge in [0, 0.05) is 0 Å². The standard InChI is InChI=1S/C26H38O8.C18H22O4.C4H7ClO.CH4/c1-19(15-21-3-5-23(31-11-7-27)25(17-21)33-13-9-29)20(2)16-22-4-6-24(32-12-8-28)26(18-22)34-14-10-30;1-11(7-13-3-5-15(19)17(21)9-13)12(2)8-14-4-6-16(20)18(22)10-14;1-2-6-4-3-5;/h3-6,17-20,27-30H,7-16H2,1-2H3;3-6,9-12,19-22H,7-8H2,1-2H3;2H,1,3-4H2;1H4/t19-,20+;11-,12+;;. The topological polar surface area (TPSA) is 208 Å². The van der Waals surface area contributed by atoms with Gasteiger partial charge in [0.1, 0.15) is 33.0 Å². The van der Waals surface area contributed by atoms with E-state index in [0.29, 0.717) is 59.2 Å². The van der Waals surface area contributed by atoms with Crippen molar-refractivity contribution in [1.82, 2.24) is 0 Å². The van der Waals surface area contributed by atoms with Crippen molar-refractivity contribution >= 4 is 11.6 Å². The summed E-state index contributed by atoms with van der Waals surface area (Å²) in [7, 11) is 0. The molecule has 352 valence electrons. The Morgan fingerprint density at radius 1 is 0.460 bits per heavy atom. The Bertz CT molecular complexity index is 1730. The lowest BCUT2D eigenvalue weighted by molar-refractivity contribution is 0.178. The molecule has 0 aliphatic heterocycles. The molecule has 8 N–H and O–H groups in total. The molecular weight excluding hydrogens is 832 g/mol. The number of aliphatic hydroxyl groups is 4. The molecule has 0 amide bonds. The van der Waals surface area contributed by atoms with Crippen LogP contribution in [0, 0.1) is 23.7 Å². The van der Waals surface area contributed by atoms with E-state index < -0.39 is 0 Å². The number of halogens is 1. The summed E-state index contributed by atoms with van der Waals surface area (Å²) in [6.45, 7) is 12.9. The van der Waals surface area contributed by atoms with Crippen LogP contribution in [0.3, 0.4) is 0 Å². The Balaban J connectivity index is 0.000000585. The molecule has 4 atom stereocenters. The quantitative estimate of drug-likeness (QED) is 0.0138. The first-order valence-electron chi connectivity index (χ1n) is 20.8. The van der Waals surface area contributed by atoms with Crippen molar-refractivity contribution in [3.8, 4) is 46.0 Å². The summed E-state index contributed by atoms with van der Waals surface area (Å²) < 4.78 is 26.9. The second kappa shape index (κ2) is 31.7. The number of phenolic OH excluding ortho intramolecular Hbond substituents is 4. The van der Waals surface area contributed by atoms with E-state index in [1.165, 1.54) is 18.4 Å². The Kier molecular flexibility index (Phi) is 28.2.